The van der Waals surface area contributed by atoms with Gasteiger partial charge in [0.15, 0.2) is 6.10 Å². The molecule has 16 heavy (non-hydrogen) atoms. The number of rotatable bonds is 3. The Morgan fingerprint density at radius 3 is 3.12 bits per heavy atom. The summed E-state index contributed by atoms with van der Waals surface area (Å²) in [4.78, 5) is 0. The molecule has 0 amide bonds. The minimum atomic E-state index is -0.354. The maximum atomic E-state index is 8.83. The van der Waals surface area contributed by atoms with Gasteiger partial charge in [0.2, 0.25) is 0 Å². The lowest BCUT2D eigenvalue weighted by Gasteiger charge is -2.12. The van der Waals surface area contributed by atoms with Crippen LogP contribution in [0.1, 0.15) is 36.9 Å². The van der Waals surface area contributed by atoms with Gasteiger partial charge in [-0.05, 0) is 42.5 Å². The maximum Gasteiger partial charge on any atom is 0.184 e. The molecule has 1 aromatic rings. The van der Waals surface area contributed by atoms with Gasteiger partial charge in [0, 0.05) is 6.04 Å². The van der Waals surface area contributed by atoms with E-state index in [4.69, 9.17) is 15.7 Å². The Kier molecular flexibility index (Phi) is 3.12. The van der Waals surface area contributed by atoms with Crippen LogP contribution in [0.2, 0.25) is 0 Å². The van der Waals surface area contributed by atoms with Crippen molar-refractivity contribution in [3.63, 3.8) is 0 Å². The van der Waals surface area contributed by atoms with Gasteiger partial charge < -0.3 is 10.5 Å². The molecule has 1 aliphatic rings. The van der Waals surface area contributed by atoms with Crippen LogP contribution in [0.5, 0.6) is 5.75 Å². The first-order valence-corrected chi connectivity index (χ1v) is 5.69. The lowest BCUT2D eigenvalue weighted by Crippen LogP contribution is -2.12. The molecule has 2 rings (SSSR count). The van der Waals surface area contributed by atoms with Crippen LogP contribution >= 0.6 is 0 Å². The SMILES string of the molecule is CCC(C#N)Oc1ccc2c(c1)CC[C@H]2N. The molecule has 2 atom stereocenters. The Labute approximate surface area is 95.8 Å². The van der Waals surface area contributed by atoms with Crippen LogP contribution in [-0.4, -0.2) is 6.10 Å². The molecule has 0 saturated carbocycles. The van der Waals surface area contributed by atoms with Crippen molar-refractivity contribution in [2.75, 3.05) is 0 Å². The molecule has 3 heteroatoms. The average molecular weight is 216 g/mol. The van der Waals surface area contributed by atoms with E-state index in [-0.39, 0.29) is 12.1 Å². The van der Waals surface area contributed by atoms with E-state index in [1.165, 1.54) is 11.1 Å². The zero-order valence-corrected chi connectivity index (χ0v) is 9.44. The lowest BCUT2D eigenvalue weighted by molar-refractivity contribution is 0.251. The first kappa shape index (κ1) is 11.0. The summed E-state index contributed by atoms with van der Waals surface area (Å²) in [7, 11) is 0. The molecule has 0 fully saturated rings. The van der Waals surface area contributed by atoms with E-state index < -0.39 is 0 Å². The second-order valence-electron chi connectivity index (χ2n) is 4.15. The Hall–Kier alpha value is -1.53. The summed E-state index contributed by atoms with van der Waals surface area (Å²) in [5.74, 6) is 0.779. The summed E-state index contributed by atoms with van der Waals surface area (Å²) in [6.45, 7) is 1.94. The largest absolute Gasteiger partial charge is 0.476 e. The molecule has 0 aromatic heterocycles. The van der Waals surface area contributed by atoms with Gasteiger partial charge in [0.05, 0.1) is 0 Å². The molecule has 1 aromatic carbocycles. The number of ether oxygens (including phenoxy) is 1. The van der Waals surface area contributed by atoms with Crippen LogP contribution in [0, 0.1) is 11.3 Å². The van der Waals surface area contributed by atoms with Gasteiger partial charge in [0.1, 0.15) is 11.8 Å². The number of aryl methyl sites for hydroxylation is 1. The Bertz CT molecular complexity index is 422. The fourth-order valence-electron chi connectivity index (χ4n) is 2.07. The summed E-state index contributed by atoms with van der Waals surface area (Å²) in [5.41, 5.74) is 8.44. The summed E-state index contributed by atoms with van der Waals surface area (Å²) in [6.07, 6.45) is 2.37. The fourth-order valence-corrected chi connectivity index (χ4v) is 2.07. The summed E-state index contributed by atoms with van der Waals surface area (Å²) >= 11 is 0. The van der Waals surface area contributed by atoms with E-state index in [0.717, 1.165) is 18.6 Å². The van der Waals surface area contributed by atoms with E-state index in [0.29, 0.717) is 6.42 Å². The molecular weight excluding hydrogens is 200 g/mol. The predicted octanol–water partition coefficient (Wildman–Crippen LogP) is 2.31. The number of nitrogens with zero attached hydrogens (tertiary/aromatic N) is 1. The molecule has 84 valence electrons. The van der Waals surface area contributed by atoms with Crippen molar-refractivity contribution < 1.29 is 4.74 Å². The van der Waals surface area contributed by atoms with Crippen molar-refractivity contribution in [2.24, 2.45) is 5.73 Å². The summed E-state index contributed by atoms with van der Waals surface area (Å²) in [5, 5.41) is 8.83. The van der Waals surface area contributed by atoms with E-state index >= 15 is 0 Å². The molecule has 1 aliphatic carbocycles. The zero-order chi connectivity index (χ0) is 11.5. The molecule has 0 heterocycles. The highest BCUT2D eigenvalue weighted by molar-refractivity contribution is 5.40. The Morgan fingerprint density at radius 1 is 1.62 bits per heavy atom. The summed E-state index contributed by atoms with van der Waals surface area (Å²) in [6, 6.07) is 8.24. The van der Waals surface area contributed by atoms with E-state index in [1.54, 1.807) is 0 Å². The van der Waals surface area contributed by atoms with E-state index in [9.17, 15) is 0 Å². The quantitative estimate of drug-likeness (QED) is 0.843. The van der Waals surface area contributed by atoms with E-state index in [1.807, 2.05) is 25.1 Å². The highest BCUT2D eigenvalue weighted by Gasteiger charge is 2.19. The molecule has 0 spiro atoms. The smallest absolute Gasteiger partial charge is 0.184 e. The van der Waals surface area contributed by atoms with Gasteiger partial charge in [-0.1, -0.05) is 13.0 Å². The molecule has 0 radical (unpaired) electrons. The first-order chi connectivity index (χ1) is 7.74. The van der Waals surface area contributed by atoms with Gasteiger partial charge in [-0.3, -0.25) is 0 Å². The normalized spacial score (nSPS) is 19.9. The molecule has 0 aliphatic heterocycles. The minimum absolute atomic E-state index is 0.169. The van der Waals surface area contributed by atoms with Gasteiger partial charge in [-0.25, -0.2) is 0 Å². The number of nitriles is 1. The molecular formula is C13H16N2O. The molecule has 1 unspecified atom stereocenters. The van der Waals surface area contributed by atoms with Crippen LogP contribution in [0.4, 0.5) is 0 Å². The van der Waals surface area contributed by atoms with Gasteiger partial charge >= 0.3 is 0 Å². The number of benzene rings is 1. The van der Waals surface area contributed by atoms with Crippen molar-refractivity contribution in [3.8, 4) is 11.8 Å². The monoisotopic (exact) mass is 216 g/mol. The van der Waals surface area contributed by atoms with Crippen molar-refractivity contribution in [3.05, 3.63) is 29.3 Å². The van der Waals surface area contributed by atoms with Gasteiger partial charge in [0.25, 0.3) is 0 Å². The topological polar surface area (TPSA) is 59.0 Å². The Balaban J connectivity index is 2.17. The van der Waals surface area contributed by atoms with Crippen molar-refractivity contribution in [1.29, 1.82) is 5.26 Å². The van der Waals surface area contributed by atoms with Crippen LogP contribution in [0.3, 0.4) is 0 Å². The van der Waals surface area contributed by atoms with E-state index in [2.05, 4.69) is 6.07 Å². The van der Waals surface area contributed by atoms with Crippen LogP contribution in [0.25, 0.3) is 0 Å². The molecule has 0 bridgehead atoms. The predicted molar refractivity (Wildman–Crippen MR) is 62.0 cm³/mol. The number of hydrogen-bond acceptors (Lipinski definition) is 3. The van der Waals surface area contributed by atoms with Gasteiger partial charge in [-0.2, -0.15) is 5.26 Å². The van der Waals surface area contributed by atoms with Gasteiger partial charge in [-0.15, -0.1) is 0 Å². The second kappa shape index (κ2) is 4.54. The standard InChI is InChI=1S/C13H16N2O/c1-2-10(8-14)16-11-4-5-12-9(7-11)3-6-13(12)15/h4-5,7,10,13H,2-3,6,15H2,1H3/t10?,13-/m1/s1. The third-order valence-corrected chi connectivity index (χ3v) is 3.03. The minimum Gasteiger partial charge on any atom is -0.476 e. The Morgan fingerprint density at radius 2 is 2.44 bits per heavy atom. The van der Waals surface area contributed by atoms with Crippen molar-refractivity contribution in [2.45, 2.75) is 38.3 Å². The summed E-state index contributed by atoms with van der Waals surface area (Å²) < 4.78 is 5.57. The first-order valence-electron chi connectivity index (χ1n) is 5.69. The number of hydrogen-bond donors (Lipinski definition) is 1. The van der Waals surface area contributed by atoms with Crippen molar-refractivity contribution in [1.82, 2.24) is 0 Å². The highest BCUT2D eigenvalue weighted by atomic mass is 16.5. The number of nitrogens with two attached hydrogens (primary N) is 1. The molecule has 0 saturated heterocycles. The third kappa shape index (κ3) is 2.02. The third-order valence-electron chi connectivity index (χ3n) is 3.03. The van der Waals surface area contributed by atoms with Crippen molar-refractivity contribution >= 4 is 0 Å². The molecule has 2 N–H and O–H groups in total. The second-order valence-corrected chi connectivity index (χ2v) is 4.15. The average Bonchev–Trinajstić information content (AvgIpc) is 2.68. The number of fused-ring (bicyclic) bond motifs is 1. The zero-order valence-electron chi connectivity index (χ0n) is 9.44. The lowest BCUT2D eigenvalue weighted by atomic mass is 10.1. The van der Waals surface area contributed by atoms with Crippen LogP contribution in [0.15, 0.2) is 18.2 Å². The maximum absolute atomic E-state index is 8.83. The van der Waals surface area contributed by atoms with Crippen LogP contribution < -0.4 is 10.5 Å². The fraction of sp³-hybridized carbons (Fsp3) is 0.462. The van der Waals surface area contributed by atoms with Crippen LogP contribution in [-0.2, 0) is 6.42 Å². The highest BCUT2D eigenvalue weighted by Crippen LogP contribution is 2.32. The molecule has 3 nitrogen and oxygen atoms in total.